The highest BCUT2D eigenvalue weighted by molar-refractivity contribution is 7.89. The van der Waals surface area contributed by atoms with Gasteiger partial charge in [-0.3, -0.25) is 4.79 Å². The lowest BCUT2D eigenvalue weighted by atomic mass is 10.2. The summed E-state index contributed by atoms with van der Waals surface area (Å²) in [5, 5.41) is 0. The Balaban J connectivity index is 1.90. The van der Waals surface area contributed by atoms with Gasteiger partial charge < -0.3 is 9.64 Å². The second-order valence-corrected chi connectivity index (χ2v) is 8.32. The molecule has 0 unspecified atom stereocenters. The summed E-state index contributed by atoms with van der Waals surface area (Å²) >= 11 is 0. The van der Waals surface area contributed by atoms with Crippen molar-refractivity contribution in [1.82, 2.24) is 9.21 Å². The lowest BCUT2D eigenvalue weighted by Crippen LogP contribution is -2.51. The molecular formula is C18H28N2O4S. The first-order chi connectivity index (χ1) is 12.0. The number of piperazine rings is 1. The lowest BCUT2D eigenvalue weighted by Gasteiger charge is -2.34. The predicted molar refractivity (Wildman–Crippen MR) is 98.4 cm³/mol. The van der Waals surface area contributed by atoms with Crippen molar-refractivity contribution in [2.75, 3.05) is 38.5 Å². The van der Waals surface area contributed by atoms with Gasteiger partial charge in [0.05, 0.1) is 12.4 Å². The fraction of sp³-hybridized carbons (Fsp3) is 0.611. The SMILES string of the molecule is CCCCS(=O)(=O)N1CCN(C(=O)c2ccc(OCCC)cc2)CC1. The van der Waals surface area contributed by atoms with E-state index in [1.807, 2.05) is 13.8 Å². The van der Waals surface area contributed by atoms with Crippen LogP contribution in [0.25, 0.3) is 0 Å². The molecular weight excluding hydrogens is 340 g/mol. The van der Waals surface area contributed by atoms with Crippen LogP contribution >= 0.6 is 0 Å². The largest absolute Gasteiger partial charge is 0.494 e. The van der Waals surface area contributed by atoms with E-state index < -0.39 is 10.0 Å². The van der Waals surface area contributed by atoms with E-state index in [0.717, 1.165) is 18.6 Å². The molecule has 1 aliphatic rings. The second-order valence-electron chi connectivity index (χ2n) is 6.23. The zero-order chi connectivity index (χ0) is 18.3. The quantitative estimate of drug-likeness (QED) is 0.706. The smallest absolute Gasteiger partial charge is 0.253 e. The number of rotatable bonds is 8. The third-order valence-corrected chi connectivity index (χ3v) is 6.21. The molecule has 0 aromatic heterocycles. The van der Waals surface area contributed by atoms with Crippen LogP contribution in [0.3, 0.4) is 0 Å². The molecule has 0 bridgehead atoms. The highest BCUT2D eigenvalue weighted by Crippen LogP contribution is 2.16. The Hall–Kier alpha value is -1.60. The van der Waals surface area contributed by atoms with Gasteiger partial charge in [0.1, 0.15) is 5.75 Å². The Morgan fingerprint density at radius 2 is 1.68 bits per heavy atom. The minimum absolute atomic E-state index is 0.0624. The molecule has 25 heavy (non-hydrogen) atoms. The van der Waals surface area contributed by atoms with Crippen LogP contribution in [0.4, 0.5) is 0 Å². The predicted octanol–water partition coefficient (Wildman–Crippen LogP) is 2.36. The fourth-order valence-corrected chi connectivity index (χ4v) is 4.35. The molecule has 6 nitrogen and oxygen atoms in total. The number of ether oxygens (including phenoxy) is 1. The van der Waals surface area contributed by atoms with E-state index in [9.17, 15) is 13.2 Å². The molecule has 1 heterocycles. The number of carbonyl (C=O) groups is 1. The number of amides is 1. The molecule has 0 saturated carbocycles. The summed E-state index contributed by atoms with van der Waals surface area (Å²) in [5.41, 5.74) is 0.603. The number of hydrogen-bond acceptors (Lipinski definition) is 4. The standard InChI is InChI=1S/C18H28N2O4S/c1-3-5-15-25(22,23)20-12-10-19(11-13-20)18(21)16-6-8-17(9-7-16)24-14-4-2/h6-9H,3-5,10-15H2,1-2H3. The van der Waals surface area contributed by atoms with Gasteiger partial charge in [-0.2, -0.15) is 4.31 Å². The molecule has 0 radical (unpaired) electrons. The van der Waals surface area contributed by atoms with Crippen LogP contribution in [0.5, 0.6) is 5.75 Å². The van der Waals surface area contributed by atoms with E-state index in [0.29, 0.717) is 44.8 Å². The van der Waals surface area contributed by atoms with Gasteiger partial charge in [-0.1, -0.05) is 20.3 Å². The second kappa shape index (κ2) is 9.20. The minimum Gasteiger partial charge on any atom is -0.494 e. The summed E-state index contributed by atoms with van der Waals surface area (Å²) < 4.78 is 31.5. The van der Waals surface area contributed by atoms with Gasteiger partial charge in [0.2, 0.25) is 10.0 Å². The van der Waals surface area contributed by atoms with Crippen molar-refractivity contribution in [3.05, 3.63) is 29.8 Å². The van der Waals surface area contributed by atoms with Gasteiger partial charge in [-0.15, -0.1) is 0 Å². The maximum absolute atomic E-state index is 12.6. The zero-order valence-corrected chi connectivity index (χ0v) is 15.9. The Morgan fingerprint density at radius 3 is 2.24 bits per heavy atom. The highest BCUT2D eigenvalue weighted by atomic mass is 32.2. The van der Waals surface area contributed by atoms with E-state index >= 15 is 0 Å². The summed E-state index contributed by atoms with van der Waals surface area (Å²) in [6.45, 7) is 6.27. The van der Waals surface area contributed by atoms with Gasteiger partial charge in [-0.25, -0.2) is 8.42 Å². The summed E-state index contributed by atoms with van der Waals surface area (Å²) in [5.74, 6) is 0.884. The third kappa shape index (κ3) is 5.44. The molecule has 0 N–H and O–H groups in total. The van der Waals surface area contributed by atoms with Crippen molar-refractivity contribution in [2.45, 2.75) is 33.1 Å². The Morgan fingerprint density at radius 1 is 1.04 bits per heavy atom. The van der Waals surface area contributed by atoms with Crippen molar-refractivity contribution < 1.29 is 17.9 Å². The number of nitrogens with zero attached hydrogens (tertiary/aromatic N) is 2. The summed E-state index contributed by atoms with van der Waals surface area (Å²) in [7, 11) is -3.19. The number of unbranched alkanes of at least 4 members (excludes halogenated alkanes) is 1. The maximum atomic E-state index is 12.6. The average Bonchev–Trinajstić information content (AvgIpc) is 2.64. The average molecular weight is 368 g/mol. The summed E-state index contributed by atoms with van der Waals surface area (Å²) in [6.07, 6.45) is 2.47. The molecule has 7 heteroatoms. The minimum atomic E-state index is -3.19. The van der Waals surface area contributed by atoms with Crippen LogP contribution in [0.15, 0.2) is 24.3 Å². The van der Waals surface area contributed by atoms with E-state index in [4.69, 9.17) is 4.74 Å². The Kier molecular flexibility index (Phi) is 7.25. The van der Waals surface area contributed by atoms with Crippen molar-refractivity contribution in [1.29, 1.82) is 0 Å². The van der Waals surface area contributed by atoms with Crippen molar-refractivity contribution in [3.8, 4) is 5.75 Å². The van der Waals surface area contributed by atoms with Gasteiger partial charge in [0.25, 0.3) is 5.91 Å². The normalized spacial score (nSPS) is 16.0. The first kappa shape index (κ1) is 19.7. The molecule has 1 amide bonds. The van der Waals surface area contributed by atoms with Crippen LogP contribution in [0.1, 0.15) is 43.5 Å². The van der Waals surface area contributed by atoms with E-state index in [1.165, 1.54) is 4.31 Å². The fourth-order valence-electron chi connectivity index (χ4n) is 2.72. The topological polar surface area (TPSA) is 66.9 Å². The lowest BCUT2D eigenvalue weighted by molar-refractivity contribution is 0.0698. The van der Waals surface area contributed by atoms with E-state index in [-0.39, 0.29) is 11.7 Å². The monoisotopic (exact) mass is 368 g/mol. The van der Waals surface area contributed by atoms with E-state index in [1.54, 1.807) is 29.2 Å². The van der Waals surface area contributed by atoms with Gasteiger partial charge in [-0.05, 0) is 37.1 Å². The number of hydrogen-bond donors (Lipinski definition) is 0. The Labute approximate surface area is 150 Å². The van der Waals surface area contributed by atoms with Crippen LogP contribution in [-0.4, -0.2) is 62.1 Å². The highest BCUT2D eigenvalue weighted by Gasteiger charge is 2.28. The third-order valence-electron chi connectivity index (χ3n) is 4.25. The van der Waals surface area contributed by atoms with Gasteiger partial charge in [0.15, 0.2) is 0 Å². The molecule has 0 aliphatic carbocycles. The first-order valence-electron chi connectivity index (χ1n) is 8.98. The molecule has 1 fully saturated rings. The number of carbonyl (C=O) groups excluding carboxylic acids is 1. The molecule has 0 atom stereocenters. The molecule has 140 valence electrons. The summed E-state index contributed by atoms with van der Waals surface area (Å²) in [4.78, 5) is 14.3. The number of benzene rings is 1. The van der Waals surface area contributed by atoms with Crippen LogP contribution in [0.2, 0.25) is 0 Å². The number of sulfonamides is 1. The molecule has 1 aliphatic heterocycles. The van der Waals surface area contributed by atoms with Gasteiger partial charge in [0, 0.05) is 31.7 Å². The maximum Gasteiger partial charge on any atom is 0.253 e. The van der Waals surface area contributed by atoms with Crippen LogP contribution < -0.4 is 4.74 Å². The molecule has 0 spiro atoms. The first-order valence-corrected chi connectivity index (χ1v) is 10.6. The van der Waals surface area contributed by atoms with Crippen molar-refractivity contribution in [2.24, 2.45) is 0 Å². The molecule has 2 rings (SSSR count). The molecule has 1 aromatic carbocycles. The van der Waals surface area contributed by atoms with E-state index in [2.05, 4.69) is 0 Å². The van der Waals surface area contributed by atoms with Gasteiger partial charge >= 0.3 is 0 Å². The Bertz CT molecular complexity index is 650. The van der Waals surface area contributed by atoms with Crippen molar-refractivity contribution in [3.63, 3.8) is 0 Å². The van der Waals surface area contributed by atoms with Crippen LogP contribution in [0, 0.1) is 0 Å². The van der Waals surface area contributed by atoms with Crippen LogP contribution in [-0.2, 0) is 10.0 Å². The summed E-state index contributed by atoms with van der Waals surface area (Å²) in [6, 6.07) is 7.12. The van der Waals surface area contributed by atoms with Crippen molar-refractivity contribution >= 4 is 15.9 Å². The molecule has 1 saturated heterocycles. The zero-order valence-electron chi connectivity index (χ0n) is 15.1. The molecule has 1 aromatic rings.